The van der Waals surface area contributed by atoms with Crippen molar-refractivity contribution in [3.63, 3.8) is 0 Å². The largest absolute Gasteiger partial charge is 0.323 e. The number of carbonyl (C=O) groups excluding carboxylic acids is 1. The number of halogens is 2. The summed E-state index contributed by atoms with van der Waals surface area (Å²) in [6, 6.07) is 11.0. The summed E-state index contributed by atoms with van der Waals surface area (Å²) in [6.45, 7) is 1.94. The van der Waals surface area contributed by atoms with Gasteiger partial charge in [0.05, 0.1) is 16.9 Å². The van der Waals surface area contributed by atoms with E-state index in [4.69, 9.17) is 5.84 Å². The van der Waals surface area contributed by atoms with Gasteiger partial charge < -0.3 is 10.7 Å². The SMILES string of the molecule is Cc1ccc(C(=O)Nc2ccc(Br)cc2Br)c(NN)c1. The van der Waals surface area contributed by atoms with Gasteiger partial charge in [0.25, 0.3) is 5.91 Å². The first kappa shape index (κ1) is 15.0. The van der Waals surface area contributed by atoms with Gasteiger partial charge in [0.15, 0.2) is 0 Å². The molecule has 1 amide bonds. The minimum absolute atomic E-state index is 0.221. The van der Waals surface area contributed by atoms with E-state index in [9.17, 15) is 4.79 Å². The van der Waals surface area contributed by atoms with Crippen LogP contribution in [0.5, 0.6) is 0 Å². The lowest BCUT2D eigenvalue weighted by Gasteiger charge is -2.11. The number of hydrogen-bond donors (Lipinski definition) is 3. The van der Waals surface area contributed by atoms with Crippen molar-refractivity contribution in [1.82, 2.24) is 0 Å². The highest BCUT2D eigenvalue weighted by Gasteiger charge is 2.12. The van der Waals surface area contributed by atoms with E-state index in [-0.39, 0.29) is 5.91 Å². The number of amides is 1. The molecule has 0 aliphatic carbocycles. The average molecular weight is 399 g/mol. The first-order valence-corrected chi connectivity index (χ1v) is 7.43. The van der Waals surface area contributed by atoms with Crippen LogP contribution in [0.25, 0.3) is 0 Å². The molecule has 2 rings (SSSR count). The Labute approximate surface area is 134 Å². The van der Waals surface area contributed by atoms with E-state index in [0.29, 0.717) is 16.9 Å². The van der Waals surface area contributed by atoms with E-state index < -0.39 is 0 Å². The minimum Gasteiger partial charge on any atom is -0.323 e. The first-order valence-electron chi connectivity index (χ1n) is 5.85. The Bertz CT molecular complexity index is 659. The number of hydrazine groups is 1. The predicted molar refractivity (Wildman–Crippen MR) is 88.8 cm³/mol. The van der Waals surface area contributed by atoms with Crippen molar-refractivity contribution in [1.29, 1.82) is 0 Å². The second kappa shape index (κ2) is 6.39. The molecule has 104 valence electrons. The molecular formula is C14H13Br2N3O. The molecule has 0 saturated carbocycles. The molecule has 0 saturated heterocycles. The lowest BCUT2D eigenvalue weighted by Crippen LogP contribution is -2.17. The van der Waals surface area contributed by atoms with Gasteiger partial charge in [-0.25, -0.2) is 0 Å². The highest BCUT2D eigenvalue weighted by molar-refractivity contribution is 9.11. The molecule has 6 heteroatoms. The smallest absolute Gasteiger partial charge is 0.257 e. The molecule has 20 heavy (non-hydrogen) atoms. The molecule has 2 aromatic carbocycles. The Morgan fingerprint density at radius 1 is 1.10 bits per heavy atom. The molecule has 0 aromatic heterocycles. The monoisotopic (exact) mass is 397 g/mol. The molecule has 0 aliphatic heterocycles. The lowest BCUT2D eigenvalue weighted by atomic mass is 10.1. The van der Waals surface area contributed by atoms with E-state index in [0.717, 1.165) is 14.5 Å². The third kappa shape index (κ3) is 3.39. The molecule has 0 aliphatic rings. The number of anilines is 2. The molecule has 0 radical (unpaired) electrons. The summed E-state index contributed by atoms with van der Waals surface area (Å²) < 4.78 is 1.73. The fourth-order valence-electron chi connectivity index (χ4n) is 1.76. The maximum atomic E-state index is 12.3. The Hall–Kier alpha value is -1.37. The quantitative estimate of drug-likeness (QED) is 0.539. The summed E-state index contributed by atoms with van der Waals surface area (Å²) in [5.41, 5.74) is 5.36. The van der Waals surface area contributed by atoms with Gasteiger partial charge >= 0.3 is 0 Å². The second-order valence-electron chi connectivity index (χ2n) is 4.27. The van der Waals surface area contributed by atoms with Crippen LogP contribution in [-0.2, 0) is 0 Å². The fourth-order valence-corrected chi connectivity index (χ4v) is 2.90. The molecule has 2 aromatic rings. The first-order chi connectivity index (χ1) is 9.51. The fraction of sp³-hybridized carbons (Fsp3) is 0.0714. The van der Waals surface area contributed by atoms with Gasteiger partial charge in [-0.3, -0.25) is 10.6 Å². The molecule has 0 atom stereocenters. The van der Waals surface area contributed by atoms with Gasteiger partial charge in [0, 0.05) is 8.95 Å². The molecule has 4 nitrogen and oxygen atoms in total. The van der Waals surface area contributed by atoms with E-state index in [1.54, 1.807) is 6.07 Å². The van der Waals surface area contributed by atoms with Crippen molar-refractivity contribution in [2.24, 2.45) is 5.84 Å². The van der Waals surface area contributed by atoms with Gasteiger partial charge in [0.1, 0.15) is 0 Å². The molecule has 0 unspecified atom stereocenters. The van der Waals surface area contributed by atoms with E-state index in [1.807, 2.05) is 37.3 Å². The van der Waals surface area contributed by atoms with Crippen LogP contribution >= 0.6 is 31.9 Å². The molecular weight excluding hydrogens is 386 g/mol. The van der Waals surface area contributed by atoms with Crippen LogP contribution in [0.2, 0.25) is 0 Å². The number of benzene rings is 2. The Morgan fingerprint density at radius 3 is 2.50 bits per heavy atom. The third-order valence-corrected chi connectivity index (χ3v) is 3.90. The number of aryl methyl sites for hydroxylation is 1. The summed E-state index contributed by atoms with van der Waals surface area (Å²) in [7, 11) is 0. The average Bonchev–Trinajstić information content (AvgIpc) is 2.41. The number of nitrogen functional groups attached to an aromatic ring is 1. The zero-order valence-corrected chi connectivity index (χ0v) is 13.9. The standard InChI is InChI=1S/C14H13Br2N3O/c1-8-2-4-10(13(6-8)19-17)14(20)18-12-5-3-9(15)7-11(12)16/h2-7,19H,17H2,1H3,(H,18,20). The molecule has 4 N–H and O–H groups in total. The van der Waals surface area contributed by atoms with E-state index in [2.05, 4.69) is 42.6 Å². The molecule has 0 spiro atoms. The Morgan fingerprint density at radius 2 is 1.85 bits per heavy atom. The Kier molecular flexibility index (Phi) is 4.80. The highest BCUT2D eigenvalue weighted by atomic mass is 79.9. The zero-order valence-electron chi connectivity index (χ0n) is 10.7. The Balaban J connectivity index is 2.28. The van der Waals surface area contributed by atoms with Crippen LogP contribution in [0.15, 0.2) is 45.3 Å². The van der Waals surface area contributed by atoms with Crippen molar-refractivity contribution >= 4 is 49.1 Å². The van der Waals surface area contributed by atoms with Crippen molar-refractivity contribution in [3.8, 4) is 0 Å². The number of hydrogen-bond acceptors (Lipinski definition) is 3. The van der Waals surface area contributed by atoms with Crippen LogP contribution in [0.3, 0.4) is 0 Å². The summed E-state index contributed by atoms with van der Waals surface area (Å²) in [5, 5.41) is 2.85. The van der Waals surface area contributed by atoms with Gasteiger partial charge in [0.2, 0.25) is 0 Å². The van der Waals surface area contributed by atoms with E-state index >= 15 is 0 Å². The van der Waals surface area contributed by atoms with Crippen molar-refractivity contribution in [2.75, 3.05) is 10.7 Å². The number of nitrogens with two attached hydrogens (primary N) is 1. The number of carbonyl (C=O) groups is 1. The predicted octanol–water partition coefficient (Wildman–Crippen LogP) is 4.06. The van der Waals surface area contributed by atoms with Gasteiger partial charge in [-0.1, -0.05) is 22.0 Å². The van der Waals surface area contributed by atoms with Crippen LogP contribution in [0.1, 0.15) is 15.9 Å². The summed E-state index contributed by atoms with van der Waals surface area (Å²) >= 11 is 6.78. The second-order valence-corrected chi connectivity index (χ2v) is 6.04. The highest BCUT2D eigenvalue weighted by Crippen LogP contribution is 2.27. The third-order valence-electron chi connectivity index (χ3n) is 2.75. The maximum Gasteiger partial charge on any atom is 0.257 e. The summed E-state index contributed by atoms with van der Waals surface area (Å²) in [4.78, 5) is 12.3. The summed E-state index contributed by atoms with van der Waals surface area (Å²) in [5.74, 6) is 5.23. The summed E-state index contributed by atoms with van der Waals surface area (Å²) in [6.07, 6.45) is 0. The normalized spacial score (nSPS) is 10.2. The van der Waals surface area contributed by atoms with Crippen molar-refractivity contribution < 1.29 is 4.79 Å². The van der Waals surface area contributed by atoms with E-state index in [1.165, 1.54) is 0 Å². The number of nitrogens with one attached hydrogen (secondary N) is 2. The van der Waals surface area contributed by atoms with Crippen LogP contribution in [0.4, 0.5) is 11.4 Å². The van der Waals surface area contributed by atoms with Crippen LogP contribution < -0.4 is 16.6 Å². The molecule has 0 bridgehead atoms. The zero-order chi connectivity index (χ0) is 14.7. The lowest BCUT2D eigenvalue weighted by molar-refractivity contribution is 0.102. The minimum atomic E-state index is -0.221. The topological polar surface area (TPSA) is 67.2 Å². The van der Waals surface area contributed by atoms with Gasteiger partial charge in [-0.05, 0) is 58.7 Å². The molecule has 0 fully saturated rings. The van der Waals surface area contributed by atoms with Gasteiger partial charge in [-0.15, -0.1) is 0 Å². The maximum absolute atomic E-state index is 12.3. The van der Waals surface area contributed by atoms with Crippen molar-refractivity contribution in [2.45, 2.75) is 6.92 Å². The van der Waals surface area contributed by atoms with Crippen LogP contribution in [0, 0.1) is 6.92 Å². The molecule has 0 heterocycles. The van der Waals surface area contributed by atoms with Crippen molar-refractivity contribution in [3.05, 3.63) is 56.5 Å². The van der Waals surface area contributed by atoms with Gasteiger partial charge in [-0.2, -0.15) is 0 Å². The number of rotatable bonds is 3. The van der Waals surface area contributed by atoms with Crippen LogP contribution in [-0.4, -0.2) is 5.91 Å².